The van der Waals surface area contributed by atoms with Crippen LogP contribution in [0.2, 0.25) is 0 Å². The molecule has 1 fully saturated rings. The van der Waals surface area contributed by atoms with Crippen molar-refractivity contribution in [3.8, 4) is 0 Å². The highest BCUT2D eigenvalue weighted by Crippen LogP contribution is 2.18. The van der Waals surface area contributed by atoms with Gasteiger partial charge >= 0.3 is 0 Å². The molecule has 2 nitrogen and oxygen atoms in total. The Balaban J connectivity index is 2.35. The summed E-state index contributed by atoms with van der Waals surface area (Å²) in [5, 5.41) is 0. The van der Waals surface area contributed by atoms with Gasteiger partial charge < -0.3 is 9.47 Å². The SMILES string of the molecule is C[C@@H]1OC(CCl)O[C@@H]1C. The van der Waals surface area contributed by atoms with E-state index >= 15 is 0 Å². The van der Waals surface area contributed by atoms with E-state index in [1.54, 1.807) is 0 Å². The van der Waals surface area contributed by atoms with Gasteiger partial charge in [-0.2, -0.15) is 0 Å². The number of hydrogen-bond donors (Lipinski definition) is 0. The van der Waals surface area contributed by atoms with Gasteiger partial charge in [-0.3, -0.25) is 0 Å². The van der Waals surface area contributed by atoms with Crippen LogP contribution in [0.15, 0.2) is 0 Å². The summed E-state index contributed by atoms with van der Waals surface area (Å²) in [5.74, 6) is 0.425. The van der Waals surface area contributed by atoms with Crippen LogP contribution < -0.4 is 0 Å². The maximum absolute atomic E-state index is 5.49. The summed E-state index contributed by atoms with van der Waals surface area (Å²) in [5.41, 5.74) is 0. The molecule has 3 heteroatoms. The predicted molar refractivity (Wildman–Crippen MR) is 35.6 cm³/mol. The van der Waals surface area contributed by atoms with Crippen LogP contribution in [-0.4, -0.2) is 24.4 Å². The Hall–Kier alpha value is 0.210. The molecule has 0 aromatic carbocycles. The van der Waals surface area contributed by atoms with Crippen molar-refractivity contribution < 1.29 is 9.47 Å². The fourth-order valence-corrected chi connectivity index (χ4v) is 0.950. The van der Waals surface area contributed by atoms with Crippen molar-refractivity contribution in [2.24, 2.45) is 0 Å². The second kappa shape index (κ2) is 2.86. The second-order valence-electron chi connectivity index (χ2n) is 2.27. The van der Waals surface area contributed by atoms with Crippen molar-refractivity contribution in [2.75, 3.05) is 5.88 Å². The molecule has 1 saturated heterocycles. The quantitative estimate of drug-likeness (QED) is 0.526. The zero-order chi connectivity index (χ0) is 6.85. The van der Waals surface area contributed by atoms with Crippen LogP contribution in [-0.2, 0) is 9.47 Å². The molecule has 0 spiro atoms. The van der Waals surface area contributed by atoms with E-state index in [4.69, 9.17) is 21.1 Å². The Morgan fingerprint density at radius 3 is 1.89 bits per heavy atom. The topological polar surface area (TPSA) is 18.5 Å². The van der Waals surface area contributed by atoms with Crippen molar-refractivity contribution in [1.82, 2.24) is 0 Å². The van der Waals surface area contributed by atoms with Gasteiger partial charge in [-0.05, 0) is 13.8 Å². The lowest BCUT2D eigenvalue weighted by Gasteiger charge is -2.02. The van der Waals surface area contributed by atoms with Gasteiger partial charge in [-0.25, -0.2) is 0 Å². The lowest BCUT2D eigenvalue weighted by molar-refractivity contribution is -0.0442. The van der Waals surface area contributed by atoms with Crippen LogP contribution in [0.1, 0.15) is 13.8 Å². The molecule has 1 aliphatic heterocycles. The summed E-state index contributed by atoms with van der Waals surface area (Å²) in [6.45, 7) is 3.97. The van der Waals surface area contributed by atoms with E-state index in [9.17, 15) is 0 Å². The van der Waals surface area contributed by atoms with Crippen molar-refractivity contribution in [1.29, 1.82) is 0 Å². The zero-order valence-corrected chi connectivity index (χ0v) is 6.39. The van der Waals surface area contributed by atoms with Crippen molar-refractivity contribution in [3.63, 3.8) is 0 Å². The van der Waals surface area contributed by atoms with Gasteiger partial charge in [-0.1, -0.05) is 0 Å². The van der Waals surface area contributed by atoms with Gasteiger partial charge in [0.1, 0.15) is 0 Å². The summed E-state index contributed by atoms with van der Waals surface area (Å²) in [6.07, 6.45) is 0.194. The van der Waals surface area contributed by atoms with Crippen molar-refractivity contribution in [3.05, 3.63) is 0 Å². The summed E-state index contributed by atoms with van der Waals surface area (Å²) in [4.78, 5) is 0. The molecule has 9 heavy (non-hydrogen) atoms. The first-order valence-corrected chi connectivity index (χ1v) is 3.64. The molecule has 0 saturated carbocycles. The van der Waals surface area contributed by atoms with Crippen LogP contribution >= 0.6 is 11.6 Å². The summed E-state index contributed by atoms with van der Waals surface area (Å²) in [6, 6.07) is 0. The van der Waals surface area contributed by atoms with Gasteiger partial charge in [0, 0.05) is 0 Å². The highest BCUT2D eigenvalue weighted by molar-refractivity contribution is 6.18. The molecule has 0 N–H and O–H groups in total. The van der Waals surface area contributed by atoms with Crippen molar-refractivity contribution >= 4 is 11.6 Å². The lowest BCUT2D eigenvalue weighted by Crippen LogP contribution is -2.13. The van der Waals surface area contributed by atoms with E-state index in [0.29, 0.717) is 5.88 Å². The number of alkyl halides is 1. The van der Waals surface area contributed by atoms with Crippen LogP contribution in [0.5, 0.6) is 0 Å². The Kier molecular flexibility index (Phi) is 2.33. The minimum absolute atomic E-state index is 0.184. The number of hydrogen-bond acceptors (Lipinski definition) is 2. The van der Waals surface area contributed by atoms with Crippen LogP contribution in [0.3, 0.4) is 0 Å². The number of halogens is 1. The molecule has 1 unspecified atom stereocenters. The smallest absolute Gasteiger partial charge is 0.171 e. The molecule has 0 amide bonds. The Morgan fingerprint density at radius 1 is 1.22 bits per heavy atom. The summed E-state index contributed by atoms with van der Waals surface area (Å²) in [7, 11) is 0. The molecule has 1 aliphatic rings. The third-order valence-electron chi connectivity index (χ3n) is 1.52. The van der Waals surface area contributed by atoms with Gasteiger partial charge in [0.2, 0.25) is 0 Å². The molecule has 0 aliphatic carbocycles. The molecule has 0 aromatic heterocycles. The van der Waals surface area contributed by atoms with Crippen molar-refractivity contribution in [2.45, 2.75) is 32.3 Å². The third kappa shape index (κ3) is 1.57. The highest BCUT2D eigenvalue weighted by Gasteiger charge is 2.28. The molecule has 1 heterocycles. The minimum Gasteiger partial charge on any atom is -0.346 e. The van der Waals surface area contributed by atoms with E-state index in [1.807, 2.05) is 13.8 Å². The number of rotatable bonds is 1. The van der Waals surface area contributed by atoms with E-state index in [1.165, 1.54) is 0 Å². The maximum Gasteiger partial charge on any atom is 0.171 e. The first-order valence-electron chi connectivity index (χ1n) is 3.11. The molecule has 3 atom stereocenters. The van der Waals surface area contributed by atoms with E-state index < -0.39 is 0 Å². The molecule has 0 aromatic rings. The van der Waals surface area contributed by atoms with Crippen LogP contribution in [0.4, 0.5) is 0 Å². The number of ether oxygens (including phenoxy) is 2. The minimum atomic E-state index is -0.184. The van der Waals surface area contributed by atoms with E-state index in [0.717, 1.165) is 0 Å². The lowest BCUT2D eigenvalue weighted by atomic mass is 10.3. The predicted octanol–water partition coefficient (Wildman–Crippen LogP) is 1.38. The average molecular weight is 151 g/mol. The zero-order valence-electron chi connectivity index (χ0n) is 5.63. The first-order chi connectivity index (χ1) is 4.24. The molecule has 0 radical (unpaired) electrons. The van der Waals surface area contributed by atoms with Crippen LogP contribution in [0.25, 0.3) is 0 Å². The highest BCUT2D eigenvalue weighted by atomic mass is 35.5. The normalized spacial score (nSPS) is 43.7. The molecule has 0 bridgehead atoms. The maximum atomic E-state index is 5.49. The fourth-order valence-electron chi connectivity index (χ4n) is 0.805. The second-order valence-corrected chi connectivity index (χ2v) is 2.57. The summed E-state index contributed by atoms with van der Waals surface area (Å²) >= 11 is 5.49. The average Bonchev–Trinajstić information content (AvgIpc) is 2.13. The van der Waals surface area contributed by atoms with Crippen LogP contribution in [0, 0.1) is 0 Å². The molecular formula is C6H11ClO2. The van der Waals surface area contributed by atoms with E-state index in [2.05, 4.69) is 0 Å². The van der Waals surface area contributed by atoms with Gasteiger partial charge in [0.25, 0.3) is 0 Å². The first kappa shape index (κ1) is 7.32. The van der Waals surface area contributed by atoms with Gasteiger partial charge in [0.15, 0.2) is 6.29 Å². The Bertz CT molecular complexity index is 87.1. The Labute approximate surface area is 60.1 Å². The third-order valence-corrected chi connectivity index (χ3v) is 1.77. The summed E-state index contributed by atoms with van der Waals surface area (Å²) < 4.78 is 10.5. The molecule has 54 valence electrons. The Morgan fingerprint density at radius 2 is 1.67 bits per heavy atom. The van der Waals surface area contributed by atoms with Gasteiger partial charge in [0.05, 0.1) is 18.1 Å². The monoisotopic (exact) mass is 150 g/mol. The molecule has 1 rings (SSSR count). The van der Waals surface area contributed by atoms with E-state index in [-0.39, 0.29) is 18.5 Å². The fraction of sp³-hybridized carbons (Fsp3) is 1.00. The van der Waals surface area contributed by atoms with Gasteiger partial charge in [-0.15, -0.1) is 11.6 Å². The standard InChI is InChI=1S/C6H11ClO2/c1-4-5(2)9-6(3-7)8-4/h4-6H,3H2,1-2H3/t4-,5+,6?. The molecular weight excluding hydrogens is 140 g/mol. The largest absolute Gasteiger partial charge is 0.346 e.